The Hall–Kier alpha value is -2.63. The van der Waals surface area contributed by atoms with E-state index >= 15 is 0 Å². The second kappa shape index (κ2) is 6.01. The number of H-pyrrole nitrogens is 1. The summed E-state index contributed by atoms with van der Waals surface area (Å²) in [6, 6.07) is 5.93. The van der Waals surface area contributed by atoms with Crippen molar-refractivity contribution in [2.24, 2.45) is 5.10 Å². The van der Waals surface area contributed by atoms with Crippen molar-refractivity contribution in [3.05, 3.63) is 50.9 Å². The smallest absolute Gasteiger partial charge is 0.280 e. The van der Waals surface area contributed by atoms with Crippen LogP contribution >= 0.6 is 0 Å². The molecule has 0 spiro atoms. The van der Waals surface area contributed by atoms with Gasteiger partial charge >= 0.3 is 0 Å². The molecular weight excluding hydrogens is 280 g/mol. The molecule has 1 aromatic heterocycles. The minimum Gasteiger partial charge on any atom is -0.295 e. The molecule has 0 saturated heterocycles. The molecule has 0 saturated carbocycles. The van der Waals surface area contributed by atoms with Gasteiger partial charge in [0.1, 0.15) is 0 Å². The van der Waals surface area contributed by atoms with Crippen LogP contribution in [0.3, 0.4) is 0 Å². The van der Waals surface area contributed by atoms with Crippen LogP contribution in [0.2, 0.25) is 0 Å². The number of benzene rings is 1. The summed E-state index contributed by atoms with van der Waals surface area (Å²) in [5.74, 6) is -0.276. The normalized spacial score (nSPS) is 11.6. The summed E-state index contributed by atoms with van der Waals surface area (Å²) in [5.41, 5.74) is 6.75. The Morgan fingerprint density at radius 2 is 1.73 bits per heavy atom. The van der Waals surface area contributed by atoms with Crippen LogP contribution in [0.15, 0.2) is 28.1 Å². The second-order valence-corrected chi connectivity index (χ2v) is 5.46. The van der Waals surface area contributed by atoms with E-state index in [1.165, 1.54) is 11.6 Å². The van der Waals surface area contributed by atoms with Gasteiger partial charge in [0, 0.05) is 12.6 Å². The molecule has 2 rings (SSSR count). The van der Waals surface area contributed by atoms with Gasteiger partial charge in [0.05, 0.1) is 17.0 Å². The van der Waals surface area contributed by atoms with E-state index in [1.807, 2.05) is 32.9 Å². The molecule has 0 fully saturated rings. The van der Waals surface area contributed by atoms with Crippen LogP contribution in [0.1, 0.15) is 36.2 Å². The molecule has 2 N–H and O–H groups in total. The van der Waals surface area contributed by atoms with Crippen LogP contribution in [-0.4, -0.2) is 21.4 Å². The van der Waals surface area contributed by atoms with Crippen LogP contribution in [0.5, 0.6) is 0 Å². The second-order valence-electron chi connectivity index (χ2n) is 5.46. The van der Waals surface area contributed by atoms with Gasteiger partial charge in [-0.1, -0.05) is 6.07 Å². The SMILES string of the molecule is CC(=O)N/N=C(/C)c1c(C)[nH]n(-c2cc(C)cc(C)c2)c1=O. The Balaban J connectivity index is 2.54. The maximum Gasteiger partial charge on any atom is 0.280 e. The highest BCUT2D eigenvalue weighted by molar-refractivity contribution is 5.99. The average Bonchev–Trinajstić information content (AvgIpc) is 2.70. The lowest BCUT2D eigenvalue weighted by Crippen LogP contribution is -2.22. The third-order valence-electron chi connectivity index (χ3n) is 3.28. The summed E-state index contributed by atoms with van der Waals surface area (Å²) in [6.07, 6.45) is 0. The Morgan fingerprint density at radius 1 is 1.14 bits per heavy atom. The molecule has 22 heavy (non-hydrogen) atoms. The highest BCUT2D eigenvalue weighted by Crippen LogP contribution is 2.13. The van der Waals surface area contributed by atoms with Crippen LogP contribution in [0, 0.1) is 20.8 Å². The molecule has 0 atom stereocenters. The van der Waals surface area contributed by atoms with Gasteiger partial charge in [0.2, 0.25) is 5.91 Å². The number of hydrogen-bond donors (Lipinski definition) is 2. The summed E-state index contributed by atoms with van der Waals surface area (Å²) in [5, 5.41) is 7.00. The van der Waals surface area contributed by atoms with Gasteiger partial charge in [-0.2, -0.15) is 5.10 Å². The van der Waals surface area contributed by atoms with E-state index in [0.29, 0.717) is 17.0 Å². The van der Waals surface area contributed by atoms with Crippen LogP contribution in [-0.2, 0) is 4.79 Å². The van der Waals surface area contributed by atoms with Gasteiger partial charge in [-0.25, -0.2) is 10.1 Å². The predicted molar refractivity (Wildman–Crippen MR) is 86.6 cm³/mol. The molecule has 6 nitrogen and oxygen atoms in total. The zero-order chi connectivity index (χ0) is 16.4. The van der Waals surface area contributed by atoms with E-state index in [4.69, 9.17) is 0 Å². The summed E-state index contributed by atoms with van der Waals surface area (Å²) >= 11 is 0. The molecule has 0 bridgehead atoms. The zero-order valence-electron chi connectivity index (χ0n) is 13.4. The zero-order valence-corrected chi connectivity index (χ0v) is 13.4. The van der Waals surface area contributed by atoms with Gasteiger partial charge in [0.25, 0.3) is 5.56 Å². The van der Waals surface area contributed by atoms with Gasteiger partial charge in [0.15, 0.2) is 0 Å². The Kier molecular flexibility index (Phi) is 4.30. The predicted octanol–water partition coefficient (Wildman–Crippen LogP) is 1.95. The molecule has 1 aromatic carbocycles. The lowest BCUT2D eigenvalue weighted by molar-refractivity contribution is -0.118. The van der Waals surface area contributed by atoms with Crippen LogP contribution < -0.4 is 11.0 Å². The first-order chi connectivity index (χ1) is 10.3. The number of carbonyl (C=O) groups is 1. The molecule has 0 aliphatic carbocycles. The summed E-state index contributed by atoms with van der Waals surface area (Å²) in [6.45, 7) is 8.85. The Labute approximate surface area is 128 Å². The lowest BCUT2D eigenvalue weighted by Gasteiger charge is -2.05. The summed E-state index contributed by atoms with van der Waals surface area (Å²) in [4.78, 5) is 23.6. The highest BCUT2D eigenvalue weighted by Gasteiger charge is 2.15. The maximum absolute atomic E-state index is 12.6. The lowest BCUT2D eigenvalue weighted by atomic mass is 10.1. The Morgan fingerprint density at radius 3 is 2.27 bits per heavy atom. The van der Waals surface area contributed by atoms with Crippen molar-refractivity contribution < 1.29 is 4.79 Å². The molecule has 6 heteroatoms. The number of carbonyl (C=O) groups excluding carboxylic acids is 1. The van der Waals surface area contributed by atoms with E-state index in [1.54, 1.807) is 6.92 Å². The maximum atomic E-state index is 12.6. The minimum absolute atomic E-state index is 0.186. The average molecular weight is 300 g/mol. The number of rotatable bonds is 3. The quantitative estimate of drug-likeness (QED) is 0.671. The van der Waals surface area contributed by atoms with E-state index < -0.39 is 0 Å². The number of hydrazone groups is 1. The first-order valence-electron chi connectivity index (χ1n) is 7.01. The highest BCUT2D eigenvalue weighted by atomic mass is 16.2. The van der Waals surface area contributed by atoms with E-state index in [0.717, 1.165) is 16.8 Å². The van der Waals surface area contributed by atoms with Crippen molar-refractivity contribution >= 4 is 11.6 Å². The van der Waals surface area contributed by atoms with Crippen molar-refractivity contribution in [2.45, 2.75) is 34.6 Å². The van der Waals surface area contributed by atoms with Crippen molar-refractivity contribution in [1.82, 2.24) is 15.2 Å². The van der Waals surface area contributed by atoms with Crippen molar-refractivity contribution in [2.75, 3.05) is 0 Å². The molecule has 116 valence electrons. The standard InChI is InChI=1S/C16H20N4O2/c1-9-6-10(2)8-14(7-9)20-16(22)15(12(4)19-20)11(3)17-18-13(5)21/h6-8,19H,1-5H3,(H,18,21)/b17-11-. The minimum atomic E-state index is -0.276. The molecule has 0 aliphatic heterocycles. The number of aromatic amines is 1. The van der Waals surface area contributed by atoms with Gasteiger partial charge < -0.3 is 0 Å². The van der Waals surface area contributed by atoms with E-state index in [9.17, 15) is 9.59 Å². The van der Waals surface area contributed by atoms with Crippen molar-refractivity contribution in [1.29, 1.82) is 0 Å². The fourth-order valence-corrected chi connectivity index (χ4v) is 2.45. The number of amides is 1. The molecule has 0 radical (unpaired) electrons. The van der Waals surface area contributed by atoms with Crippen molar-refractivity contribution in [3.8, 4) is 5.69 Å². The third kappa shape index (κ3) is 3.16. The molecular formula is C16H20N4O2. The number of aromatic nitrogens is 2. The fourth-order valence-electron chi connectivity index (χ4n) is 2.45. The first-order valence-corrected chi connectivity index (χ1v) is 7.01. The van der Waals surface area contributed by atoms with Crippen molar-refractivity contribution in [3.63, 3.8) is 0 Å². The first kappa shape index (κ1) is 15.8. The van der Waals surface area contributed by atoms with Gasteiger partial charge in [-0.15, -0.1) is 0 Å². The molecule has 1 heterocycles. The topological polar surface area (TPSA) is 79.2 Å². The molecule has 2 aromatic rings. The summed E-state index contributed by atoms with van der Waals surface area (Å²) < 4.78 is 1.50. The fraction of sp³-hybridized carbons (Fsp3) is 0.312. The number of aryl methyl sites for hydroxylation is 3. The monoisotopic (exact) mass is 300 g/mol. The molecule has 1 amide bonds. The van der Waals surface area contributed by atoms with E-state index in [2.05, 4.69) is 21.7 Å². The number of hydrogen-bond acceptors (Lipinski definition) is 3. The largest absolute Gasteiger partial charge is 0.295 e. The van der Waals surface area contributed by atoms with E-state index in [-0.39, 0.29) is 11.5 Å². The number of nitrogens with zero attached hydrogens (tertiary/aromatic N) is 2. The van der Waals surface area contributed by atoms with Crippen LogP contribution in [0.25, 0.3) is 5.69 Å². The van der Waals surface area contributed by atoms with Crippen LogP contribution in [0.4, 0.5) is 0 Å². The molecule has 0 unspecified atom stereocenters. The third-order valence-corrected chi connectivity index (χ3v) is 3.28. The van der Waals surface area contributed by atoms with Gasteiger partial charge in [-0.05, 0) is 51.0 Å². The molecule has 0 aliphatic rings. The van der Waals surface area contributed by atoms with Gasteiger partial charge in [-0.3, -0.25) is 14.7 Å². The summed E-state index contributed by atoms with van der Waals surface area (Å²) in [7, 11) is 0. The number of nitrogens with one attached hydrogen (secondary N) is 2. The Bertz CT molecular complexity index is 792.